The number of hydrogen-bond donors (Lipinski definition) is 0. The summed E-state index contributed by atoms with van der Waals surface area (Å²) in [5.41, 5.74) is 2.13. The lowest BCUT2D eigenvalue weighted by atomic mass is 10.1. The van der Waals surface area contributed by atoms with Crippen LogP contribution in [0.25, 0.3) is 5.69 Å². The molecule has 0 aliphatic rings. The van der Waals surface area contributed by atoms with Crippen LogP contribution in [0.4, 0.5) is 0 Å². The minimum absolute atomic E-state index is 0.384. The van der Waals surface area contributed by atoms with Crippen molar-refractivity contribution in [2.45, 2.75) is 5.88 Å². The first kappa shape index (κ1) is 11.0. The first-order valence-electron chi connectivity index (χ1n) is 4.54. The molecule has 2 rings (SSSR count). The van der Waals surface area contributed by atoms with E-state index in [-0.39, 0.29) is 0 Å². The van der Waals surface area contributed by atoms with Gasteiger partial charge in [-0.15, -0.1) is 11.6 Å². The van der Waals surface area contributed by atoms with Crippen molar-refractivity contribution in [1.82, 2.24) is 9.78 Å². The highest BCUT2D eigenvalue weighted by molar-refractivity contribution is 6.30. The van der Waals surface area contributed by atoms with E-state index in [4.69, 9.17) is 28.5 Å². The Hall–Kier alpha value is -1.50. The Labute approximate surface area is 103 Å². The smallest absolute Gasteiger partial charge is 0.101 e. The van der Waals surface area contributed by atoms with Crippen molar-refractivity contribution < 1.29 is 0 Å². The molecule has 3 nitrogen and oxygen atoms in total. The Kier molecular flexibility index (Phi) is 3.14. The molecule has 0 atom stereocenters. The molecule has 0 saturated carbocycles. The summed E-state index contributed by atoms with van der Waals surface area (Å²) in [6, 6.07) is 7.53. The highest BCUT2D eigenvalue weighted by Crippen LogP contribution is 2.18. The maximum atomic E-state index is 9.04. The summed E-state index contributed by atoms with van der Waals surface area (Å²) in [6.45, 7) is 0. The number of nitrogens with zero attached hydrogens (tertiary/aromatic N) is 3. The molecule has 1 aromatic carbocycles. The van der Waals surface area contributed by atoms with Gasteiger partial charge in [0.2, 0.25) is 0 Å². The average Bonchev–Trinajstić information content (AvgIpc) is 2.74. The van der Waals surface area contributed by atoms with E-state index >= 15 is 0 Å². The van der Waals surface area contributed by atoms with Crippen molar-refractivity contribution in [3.63, 3.8) is 0 Å². The van der Waals surface area contributed by atoms with E-state index in [0.29, 0.717) is 22.2 Å². The van der Waals surface area contributed by atoms with Crippen LogP contribution in [-0.2, 0) is 5.88 Å². The predicted molar refractivity (Wildman–Crippen MR) is 62.8 cm³/mol. The summed E-state index contributed by atoms with van der Waals surface area (Å²) in [5.74, 6) is 0.384. The van der Waals surface area contributed by atoms with Crippen molar-refractivity contribution in [3.05, 3.63) is 46.7 Å². The number of alkyl halides is 1. The average molecular weight is 252 g/mol. The fourth-order valence-corrected chi connectivity index (χ4v) is 1.69. The van der Waals surface area contributed by atoms with Gasteiger partial charge in [0, 0.05) is 12.1 Å². The van der Waals surface area contributed by atoms with Gasteiger partial charge in [-0.1, -0.05) is 17.7 Å². The van der Waals surface area contributed by atoms with Crippen molar-refractivity contribution in [1.29, 1.82) is 5.26 Å². The summed E-state index contributed by atoms with van der Waals surface area (Å²) in [6.07, 6.45) is 3.18. The van der Waals surface area contributed by atoms with E-state index in [2.05, 4.69) is 11.2 Å². The number of halogens is 2. The van der Waals surface area contributed by atoms with Crippen LogP contribution >= 0.6 is 23.2 Å². The lowest BCUT2D eigenvalue weighted by molar-refractivity contribution is 0.876. The first-order valence-corrected chi connectivity index (χ1v) is 5.45. The molecule has 1 aromatic heterocycles. The molecule has 80 valence electrons. The quantitative estimate of drug-likeness (QED) is 0.770. The molecule has 0 aliphatic heterocycles. The topological polar surface area (TPSA) is 41.6 Å². The van der Waals surface area contributed by atoms with Crippen LogP contribution in [0.15, 0.2) is 30.6 Å². The maximum Gasteiger partial charge on any atom is 0.101 e. The number of rotatable bonds is 2. The Morgan fingerprint density at radius 2 is 2.25 bits per heavy atom. The van der Waals surface area contributed by atoms with Crippen LogP contribution in [0.1, 0.15) is 11.1 Å². The molecule has 2 aromatic rings. The lowest BCUT2D eigenvalue weighted by Crippen LogP contribution is -1.98. The first-order chi connectivity index (χ1) is 7.74. The third-order valence-corrected chi connectivity index (χ3v) is 2.64. The van der Waals surface area contributed by atoms with Crippen LogP contribution in [-0.4, -0.2) is 9.78 Å². The SMILES string of the molecule is N#Cc1cc(CCl)ccc1-n1cc(Cl)cn1. The zero-order valence-corrected chi connectivity index (χ0v) is 9.70. The second-order valence-corrected chi connectivity index (χ2v) is 3.90. The van der Waals surface area contributed by atoms with Gasteiger partial charge in [-0.2, -0.15) is 10.4 Å². The largest absolute Gasteiger partial charge is 0.238 e. The molecule has 0 unspecified atom stereocenters. The predicted octanol–water partition coefficient (Wildman–Crippen LogP) is 3.14. The van der Waals surface area contributed by atoms with Gasteiger partial charge in [-0.05, 0) is 17.7 Å². The minimum atomic E-state index is 0.384. The van der Waals surface area contributed by atoms with Crippen LogP contribution < -0.4 is 0 Å². The fourth-order valence-electron chi connectivity index (χ4n) is 1.39. The molecule has 16 heavy (non-hydrogen) atoms. The standard InChI is InChI=1S/C11H7Cl2N3/c12-4-8-1-2-11(9(3-8)5-14)16-7-10(13)6-15-16/h1-3,6-7H,4H2. The van der Waals surface area contributed by atoms with Crippen molar-refractivity contribution in [3.8, 4) is 11.8 Å². The molecule has 0 radical (unpaired) electrons. The number of nitriles is 1. The molecular formula is C11H7Cl2N3. The normalized spacial score (nSPS) is 10.1. The third kappa shape index (κ3) is 2.04. The Morgan fingerprint density at radius 1 is 1.44 bits per heavy atom. The highest BCUT2D eigenvalue weighted by atomic mass is 35.5. The zero-order chi connectivity index (χ0) is 11.5. The van der Waals surface area contributed by atoms with Gasteiger partial charge in [-0.25, -0.2) is 4.68 Å². The second-order valence-electron chi connectivity index (χ2n) is 3.20. The van der Waals surface area contributed by atoms with E-state index < -0.39 is 0 Å². The Bertz CT molecular complexity index is 555. The Morgan fingerprint density at radius 3 is 2.81 bits per heavy atom. The van der Waals surface area contributed by atoms with Gasteiger partial charge in [0.05, 0.1) is 22.5 Å². The number of aromatic nitrogens is 2. The van der Waals surface area contributed by atoms with Crippen LogP contribution in [0.2, 0.25) is 5.02 Å². The summed E-state index contributed by atoms with van der Waals surface area (Å²) in [4.78, 5) is 0. The summed E-state index contributed by atoms with van der Waals surface area (Å²) < 4.78 is 1.57. The fraction of sp³-hybridized carbons (Fsp3) is 0.0909. The minimum Gasteiger partial charge on any atom is -0.238 e. The molecule has 0 fully saturated rings. The van der Waals surface area contributed by atoms with Crippen LogP contribution in [0.3, 0.4) is 0 Å². The molecule has 0 aliphatic carbocycles. The molecule has 0 N–H and O–H groups in total. The third-order valence-electron chi connectivity index (χ3n) is 2.13. The molecule has 0 bridgehead atoms. The summed E-state index contributed by atoms with van der Waals surface area (Å²) in [5, 5.41) is 13.6. The molecule has 0 amide bonds. The van der Waals surface area contributed by atoms with Crippen molar-refractivity contribution in [2.24, 2.45) is 0 Å². The molecular weight excluding hydrogens is 245 g/mol. The molecule has 0 spiro atoms. The van der Waals surface area contributed by atoms with Gasteiger partial charge < -0.3 is 0 Å². The number of hydrogen-bond acceptors (Lipinski definition) is 2. The van der Waals surface area contributed by atoms with Crippen molar-refractivity contribution in [2.75, 3.05) is 0 Å². The van der Waals surface area contributed by atoms with Gasteiger partial charge >= 0.3 is 0 Å². The van der Waals surface area contributed by atoms with Gasteiger partial charge in [0.15, 0.2) is 0 Å². The lowest BCUT2D eigenvalue weighted by Gasteiger charge is -2.05. The monoisotopic (exact) mass is 251 g/mol. The van der Waals surface area contributed by atoms with Crippen molar-refractivity contribution >= 4 is 23.2 Å². The van der Waals surface area contributed by atoms with Crippen LogP contribution in [0.5, 0.6) is 0 Å². The molecule has 5 heteroatoms. The maximum absolute atomic E-state index is 9.04. The van der Waals surface area contributed by atoms with Gasteiger partial charge in [0.25, 0.3) is 0 Å². The second kappa shape index (κ2) is 4.56. The van der Waals surface area contributed by atoms with Gasteiger partial charge in [0.1, 0.15) is 6.07 Å². The van der Waals surface area contributed by atoms with E-state index in [9.17, 15) is 0 Å². The number of benzene rings is 1. The van der Waals surface area contributed by atoms with Crippen LogP contribution in [0, 0.1) is 11.3 Å². The van der Waals surface area contributed by atoms with E-state index in [1.807, 2.05) is 6.07 Å². The van der Waals surface area contributed by atoms with E-state index in [0.717, 1.165) is 5.56 Å². The molecule has 0 saturated heterocycles. The summed E-state index contributed by atoms with van der Waals surface area (Å²) >= 11 is 11.5. The Balaban J connectivity index is 2.53. The zero-order valence-electron chi connectivity index (χ0n) is 8.19. The highest BCUT2D eigenvalue weighted by Gasteiger charge is 2.06. The molecule has 1 heterocycles. The summed E-state index contributed by atoms with van der Waals surface area (Å²) in [7, 11) is 0. The van der Waals surface area contributed by atoms with E-state index in [1.54, 1.807) is 23.0 Å². The van der Waals surface area contributed by atoms with Gasteiger partial charge in [-0.3, -0.25) is 0 Å². The van der Waals surface area contributed by atoms with E-state index in [1.165, 1.54) is 6.20 Å².